The van der Waals surface area contributed by atoms with Gasteiger partial charge in [-0.1, -0.05) is 48.0 Å². The molecule has 7 heteroatoms. The minimum Gasteiger partial charge on any atom is -0.378 e. The highest BCUT2D eigenvalue weighted by atomic mass is 35.5. The molecule has 2 aromatic rings. The molecule has 1 aliphatic rings. The number of carbonyl (C=O) groups excluding carboxylic acids is 2. The number of carbonyl (C=O) groups is 2. The van der Waals surface area contributed by atoms with Gasteiger partial charge >= 0.3 is 0 Å². The Kier molecular flexibility index (Phi) is 5.92. The Balaban J connectivity index is 1.85. The first-order chi connectivity index (χ1) is 13.4. The van der Waals surface area contributed by atoms with Gasteiger partial charge in [0.1, 0.15) is 5.57 Å². The van der Waals surface area contributed by atoms with Crippen molar-refractivity contribution in [2.45, 2.75) is 0 Å². The van der Waals surface area contributed by atoms with Gasteiger partial charge in [-0.2, -0.15) is 0 Å². The van der Waals surface area contributed by atoms with E-state index in [1.54, 1.807) is 30.3 Å². The van der Waals surface area contributed by atoms with Crippen molar-refractivity contribution in [3.8, 4) is 0 Å². The molecular formula is C21H18ClN3O2S. The van der Waals surface area contributed by atoms with E-state index in [1.807, 2.05) is 49.3 Å². The molecule has 0 radical (unpaired) electrons. The molecule has 0 saturated carbocycles. The first-order valence-electron chi connectivity index (χ1n) is 8.48. The maximum atomic E-state index is 12.9. The maximum absolute atomic E-state index is 12.9. The van der Waals surface area contributed by atoms with Gasteiger partial charge in [0.15, 0.2) is 5.11 Å². The van der Waals surface area contributed by atoms with Crippen molar-refractivity contribution in [3.05, 3.63) is 76.8 Å². The summed E-state index contributed by atoms with van der Waals surface area (Å²) in [5, 5.41) is 2.90. The third-order valence-electron chi connectivity index (χ3n) is 4.16. The highest BCUT2D eigenvalue weighted by molar-refractivity contribution is 7.80. The topological polar surface area (TPSA) is 52.7 Å². The number of rotatable bonds is 4. The Bertz CT molecular complexity index is 997. The van der Waals surface area contributed by atoms with E-state index in [9.17, 15) is 9.59 Å². The second kappa shape index (κ2) is 8.37. The molecule has 142 valence electrons. The molecule has 2 amide bonds. The van der Waals surface area contributed by atoms with Crippen LogP contribution in [-0.4, -0.2) is 31.0 Å². The monoisotopic (exact) mass is 411 g/mol. The molecular weight excluding hydrogens is 394 g/mol. The fourth-order valence-electron chi connectivity index (χ4n) is 2.67. The van der Waals surface area contributed by atoms with Gasteiger partial charge in [-0.05, 0) is 48.1 Å². The van der Waals surface area contributed by atoms with E-state index in [1.165, 1.54) is 11.0 Å². The summed E-state index contributed by atoms with van der Waals surface area (Å²) in [6, 6.07) is 14.7. The minimum absolute atomic E-state index is 0.00324. The Morgan fingerprint density at radius 2 is 1.75 bits per heavy atom. The molecule has 0 aromatic heterocycles. The lowest BCUT2D eigenvalue weighted by atomic mass is 10.1. The van der Waals surface area contributed by atoms with Crippen molar-refractivity contribution < 1.29 is 9.59 Å². The van der Waals surface area contributed by atoms with Gasteiger partial charge in [0.25, 0.3) is 11.8 Å². The fourth-order valence-corrected chi connectivity index (χ4v) is 3.16. The Labute approximate surface area is 173 Å². The number of hydrogen-bond donors (Lipinski definition) is 1. The molecule has 1 saturated heterocycles. The van der Waals surface area contributed by atoms with Crippen LogP contribution in [-0.2, 0) is 9.59 Å². The number of amides is 2. The Hall–Kier alpha value is -2.96. The van der Waals surface area contributed by atoms with Crippen molar-refractivity contribution in [2.75, 3.05) is 23.9 Å². The number of hydrogen-bond acceptors (Lipinski definition) is 4. The fraction of sp³-hybridized carbons (Fsp3) is 0.0952. The van der Waals surface area contributed by atoms with Gasteiger partial charge < -0.3 is 4.90 Å². The van der Waals surface area contributed by atoms with Crippen LogP contribution in [0.4, 0.5) is 11.4 Å². The van der Waals surface area contributed by atoms with Gasteiger partial charge in [0.05, 0.1) is 10.7 Å². The molecule has 5 nitrogen and oxygen atoms in total. The maximum Gasteiger partial charge on any atom is 0.270 e. The van der Waals surface area contributed by atoms with Crippen molar-refractivity contribution in [2.24, 2.45) is 0 Å². The predicted molar refractivity (Wildman–Crippen MR) is 118 cm³/mol. The molecule has 28 heavy (non-hydrogen) atoms. The molecule has 1 fully saturated rings. The third kappa shape index (κ3) is 4.13. The van der Waals surface area contributed by atoms with Crippen LogP contribution in [0.3, 0.4) is 0 Å². The molecule has 0 unspecified atom stereocenters. The summed E-state index contributed by atoms with van der Waals surface area (Å²) < 4.78 is 0. The van der Waals surface area contributed by atoms with Gasteiger partial charge in [0.2, 0.25) is 0 Å². The van der Waals surface area contributed by atoms with E-state index in [0.29, 0.717) is 10.7 Å². The summed E-state index contributed by atoms with van der Waals surface area (Å²) in [7, 11) is 3.94. The highest BCUT2D eigenvalue weighted by Gasteiger charge is 2.34. The van der Waals surface area contributed by atoms with E-state index in [2.05, 4.69) is 5.32 Å². The van der Waals surface area contributed by atoms with Crippen molar-refractivity contribution in [3.63, 3.8) is 0 Å². The summed E-state index contributed by atoms with van der Waals surface area (Å²) in [6.07, 6.45) is 4.96. The predicted octanol–water partition coefficient (Wildman–Crippen LogP) is 3.79. The first kappa shape index (κ1) is 19.8. The van der Waals surface area contributed by atoms with Crippen LogP contribution < -0.4 is 15.1 Å². The van der Waals surface area contributed by atoms with Crippen LogP contribution in [0.15, 0.2) is 66.3 Å². The Morgan fingerprint density at radius 1 is 1.07 bits per heavy atom. The third-order valence-corrected chi connectivity index (χ3v) is 4.76. The molecule has 0 bridgehead atoms. The van der Waals surface area contributed by atoms with E-state index < -0.39 is 11.8 Å². The highest BCUT2D eigenvalue weighted by Crippen LogP contribution is 2.28. The van der Waals surface area contributed by atoms with Gasteiger partial charge in [0, 0.05) is 19.8 Å². The SMILES string of the molecule is CN(C)c1ccc(/C=C/C=C2\C(=O)NC(=S)N(c3ccccc3Cl)C2=O)cc1. The van der Waals surface area contributed by atoms with Crippen LogP contribution in [0.1, 0.15) is 5.56 Å². The van der Waals surface area contributed by atoms with Crippen LogP contribution in [0.5, 0.6) is 0 Å². The number of thiocarbonyl (C=S) groups is 1. The molecule has 0 spiro atoms. The molecule has 1 heterocycles. The van der Waals surface area contributed by atoms with Crippen LogP contribution >= 0.6 is 23.8 Å². The molecule has 0 atom stereocenters. The van der Waals surface area contributed by atoms with E-state index in [4.69, 9.17) is 23.8 Å². The number of benzene rings is 2. The number of para-hydroxylation sites is 1. The zero-order chi connectivity index (χ0) is 20.3. The lowest BCUT2D eigenvalue weighted by molar-refractivity contribution is -0.122. The number of allylic oxidation sites excluding steroid dienone is 2. The van der Waals surface area contributed by atoms with Crippen LogP contribution in [0, 0.1) is 0 Å². The average molecular weight is 412 g/mol. The van der Waals surface area contributed by atoms with Gasteiger partial charge in [-0.3, -0.25) is 19.8 Å². The quantitative estimate of drug-likeness (QED) is 0.472. The normalized spacial score (nSPS) is 16.0. The zero-order valence-corrected chi connectivity index (χ0v) is 16.9. The largest absolute Gasteiger partial charge is 0.378 e. The second-order valence-corrected chi connectivity index (χ2v) is 7.07. The smallest absolute Gasteiger partial charge is 0.270 e. The number of halogens is 1. The van der Waals surface area contributed by atoms with Crippen molar-refractivity contribution >= 4 is 58.2 Å². The molecule has 1 N–H and O–H groups in total. The lowest BCUT2D eigenvalue weighted by Gasteiger charge is -2.29. The average Bonchev–Trinajstić information content (AvgIpc) is 2.66. The summed E-state index contributed by atoms with van der Waals surface area (Å²) in [6.45, 7) is 0. The zero-order valence-electron chi connectivity index (χ0n) is 15.3. The number of nitrogens with one attached hydrogen (secondary N) is 1. The number of nitrogens with zero attached hydrogens (tertiary/aromatic N) is 2. The van der Waals surface area contributed by atoms with Gasteiger partial charge in [-0.15, -0.1) is 0 Å². The first-order valence-corrected chi connectivity index (χ1v) is 9.27. The van der Waals surface area contributed by atoms with Crippen molar-refractivity contribution in [1.29, 1.82) is 0 Å². The van der Waals surface area contributed by atoms with Crippen LogP contribution in [0.25, 0.3) is 6.08 Å². The lowest BCUT2D eigenvalue weighted by Crippen LogP contribution is -2.54. The van der Waals surface area contributed by atoms with E-state index in [-0.39, 0.29) is 10.7 Å². The van der Waals surface area contributed by atoms with Gasteiger partial charge in [-0.25, -0.2) is 0 Å². The van der Waals surface area contributed by atoms with E-state index in [0.717, 1.165) is 11.3 Å². The van der Waals surface area contributed by atoms with Crippen LogP contribution in [0.2, 0.25) is 5.02 Å². The van der Waals surface area contributed by atoms with E-state index >= 15 is 0 Å². The molecule has 2 aromatic carbocycles. The molecule has 1 aliphatic heterocycles. The standard InChI is InChI=1S/C21H18ClN3O2S/c1-24(2)15-12-10-14(11-13-15)6-5-7-16-19(26)23-21(28)25(20(16)27)18-9-4-3-8-17(18)22/h3-13H,1-2H3,(H,23,26,28)/b6-5+,16-7+. The molecule has 0 aliphatic carbocycles. The number of anilines is 2. The second-order valence-electron chi connectivity index (χ2n) is 6.28. The summed E-state index contributed by atoms with van der Waals surface area (Å²) in [4.78, 5) is 28.4. The molecule has 3 rings (SSSR count). The van der Waals surface area contributed by atoms with Crippen molar-refractivity contribution in [1.82, 2.24) is 5.32 Å². The Morgan fingerprint density at radius 3 is 2.39 bits per heavy atom. The summed E-state index contributed by atoms with van der Waals surface area (Å²) >= 11 is 11.4. The summed E-state index contributed by atoms with van der Waals surface area (Å²) in [5.41, 5.74) is 2.44. The minimum atomic E-state index is -0.536. The summed E-state index contributed by atoms with van der Waals surface area (Å²) in [5.74, 6) is -1.06.